The minimum absolute atomic E-state index is 0.0720. The van der Waals surface area contributed by atoms with Crippen molar-refractivity contribution in [2.45, 2.75) is 26.7 Å². The Kier molecular flexibility index (Phi) is 7.44. The highest BCUT2D eigenvalue weighted by atomic mass is 79.9. The first kappa shape index (κ1) is 15.1. The standard InChI is InChI=1S/C10H16Br2O3/c1-3-10(6-11,7-12)8(13)5-9(14)15-4-2/h3-7H2,1-2H3. The van der Waals surface area contributed by atoms with E-state index in [4.69, 9.17) is 4.74 Å². The summed E-state index contributed by atoms with van der Waals surface area (Å²) in [7, 11) is 0. The summed E-state index contributed by atoms with van der Waals surface area (Å²) in [6.07, 6.45) is 0.556. The van der Waals surface area contributed by atoms with Gasteiger partial charge in [-0.1, -0.05) is 38.8 Å². The number of esters is 1. The third-order valence-corrected chi connectivity index (χ3v) is 4.54. The number of halogens is 2. The van der Waals surface area contributed by atoms with Gasteiger partial charge < -0.3 is 4.74 Å². The molecule has 0 amide bonds. The van der Waals surface area contributed by atoms with E-state index < -0.39 is 11.4 Å². The van der Waals surface area contributed by atoms with Crippen molar-refractivity contribution in [3.8, 4) is 0 Å². The van der Waals surface area contributed by atoms with Crippen LogP contribution in [0.15, 0.2) is 0 Å². The summed E-state index contributed by atoms with van der Waals surface area (Å²) in [6.45, 7) is 3.98. The molecule has 88 valence electrons. The molecule has 0 aliphatic carbocycles. The average molecular weight is 344 g/mol. The van der Waals surface area contributed by atoms with E-state index in [1.807, 2.05) is 6.92 Å². The number of Topliss-reactive ketones (excluding diaryl/α,β-unsaturated/α-hetero) is 1. The van der Waals surface area contributed by atoms with Gasteiger partial charge in [-0.2, -0.15) is 0 Å². The molecule has 0 radical (unpaired) electrons. The Bertz CT molecular complexity index is 216. The zero-order valence-corrected chi connectivity index (χ0v) is 12.2. The van der Waals surface area contributed by atoms with Gasteiger partial charge in [0.1, 0.15) is 6.42 Å². The monoisotopic (exact) mass is 342 g/mol. The van der Waals surface area contributed by atoms with Gasteiger partial charge in [-0.15, -0.1) is 0 Å². The van der Waals surface area contributed by atoms with Crippen molar-refractivity contribution >= 4 is 43.6 Å². The van der Waals surface area contributed by atoms with Crippen LogP contribution in [0.1, 0.15) is 26.7 Å². The lowest BCUT2D eigenvalue weighted by atomic mass is 9.84. The van der Waals surface area contributed by atoms with E-state index in [1.54, 1.807) is 6.92 Å². The van der Waals surface area contributed by atoms with Crippen molar-refractivity contribution in [1.82, 2.24) is 0 Å². The second-order valence-electron chi connectivity index (χ2n) is 3.31. The van der Waals surface area contributed by atoms with Crippen LogP contribution < -0.4 is 0 Å². The van der Waals surface area contributed by atoms with Crippen LogP contribution >= 0.6 is 31.9 Å². The summed E-state index contributed by atoms with van der Waals surface area (Å²) in [5.74, 6) is -0.514. The van der Waals surface area contributed by atoms with E-state index in [0.717, 1.165) is 0 Å². The van der Waals surface area contributed by atoms with Crippen molar-refractivity contribution in [2.24, 2.45) is 5.41 Å². The van der Waals surface area contributed by atoms with Gasteiger partial charge in [0.2, 0.25) is 0 Å². The van der Waals surface area contributed by atoms with Gasteiger partial charge in [-0.25, -0.2) is 0 Å². The van der Waals surface area contributed by atoms with Crippen molar-refractivity contribution < 1.29 is 14.3 Å². The zero-order chi connectivity index (χ0) is 11.9. The number of rotatable bonds is 7. The van der Waals surface area contributed by atoms with E-state index in [-0.39, 0.29) is 12.2 Å². The number of ketones is 1. The smallest absolute Gasteiger partial charge is 0.313 e. The van der Waals surface area contributed by atoms with Crippen LogP contribution in [0.2, 0.25) is 0 Å². The number of alkyl halides is 2. The highest BCUT2D eigenvalue weighted by molar-refractivity contribution is 9.09. The van der Waals surface area contributed by atoms with Gasteiger partial charge in [-0.05, 0) is 13.3 Å². The first-order chi connectivity index (χ1) is 7.06. The molecule has 3 nitrogen and oxygen atoms in total. The number of hydrogen-bond donors (Lipinski definition) is 0. The maximum Gasteiger partial charge on any atom is 0.313 e. The third kappa shape index (κ3) is 4.23. The Balaban J connectivity index is 4.45. The molecule has 0 N–H and O–H groups in total. The van der Waals surface area contributed by atoms with Gasteiger partial charge in [0.05, 0.1) is 6.61 Å². The van der Waals surface area contributed by atoms with E-state index in [0.29, 0.717) is 23.7 Å². The van der Waals surface area contributed by atoms with E-state index >= 15 is 0 Å². The van der Waals surface area contributed by atoms with E-state index in [2.05, 4.69) is 31.9 Å². The SMILES string of the molecule is CCOC(=O)CC(=O)C(CC)(CBr)CBr. The molecule has 0 atom stereocenters. The molecule has 0 aliphatic heterocycles. The summed E-state index contributed by atoms with van der Waals surface area (Å²) in [6, 6.07) is 0. The summed E-state index contributed by atoms with van der Waals surface area (Å²) in [5.41, 5.74) is -0.493. The Labute approximate surface area is 107 Å². The average Bonchev–Trinajstić information content (AvgIpc) is 2.21. The number of carbonyl (C=O) groups is 2. The summed E-state index contributed by atoms with van der Waals surface area (Å²) in [5, 5.41) is 1.11. The molecule has 0 fully saturated rings. The molecule has 0 unspecified atom stereocenters. The van der Waals surface area contributed by atoms with E-state index in [9.17, 15) is 9.59 Å². The van der Waals surface area contributed by atoms with Gasteiger partial charge in [0, 0.05) is 16.1 Å². The molecule has 0 spiro atoms. The topological polar surface area (TPSA) is 43.4 Å². The highest BCUT2D eigenvalue weighted by Gasteiger charge is 2.35. The minimum atomic E-state index is -0.493. The van der Waals surface area contributed by atoms with Gasteiger partial charge >= 0.3 is 5.97 Å². The Hall–Kier alpha value is 0.1000. The molecule has 15 heavy (non-hydrogen) atoms. The molecule has 5 heteroatoms. The minimum Gasteiger partial charge on any atom is -0.466 e. The lowest BCUT2D eigenvalue weighted by Gasteiger charge is -2.26. The molecule has 0 aromatic rings. The van der Waals surface area contributed by atoms with Gasteiger partial charge in [0.15, 0.2) is 5.78 Å². The summed E-state index contributed by atoms with van der Waals surface area (Å²) >= 11 is 6.64. The first-order valence-electron chi connectivity index (χ1n) is 4.87. The maximum atomic E-state index is 11.9. The third-order valence-electron chi connectivity index (χ3n) is 2.39. The predicted octanol–water partition coefficient (Wildman–Crippen LogP) is 2.69. The molecule has 0 rings (SSSR count). The predicted molar refractivity (Wildman–Crippen MR) is 66.6 cm³/mol. The largest absolute Gasteiger partial charge is 0.466 e. The zero-order valence-electron chi connectivity index (χ0n) is 9.02. The number of hydrogen-bond acceptors (Lipinski definition) is 3. The second-order valence-corrected chi connectivity index (χ2v) is 4.43. The fourth-order valence-electron chi connectivity index (χ4n) is 1.10. The van der Waals surface area contributed by atoms with Gasteiger partial charge in [-0.3, -0.25) is 9.59 Å². The van der Waals surface area contributed by atoms with E-state index in [1.165, 1.54) is 0 Å². The van der Waals surface area contributed by atoms with Crippen molar-refractivity contribution in [3.05, 3.63) is 0 Å². The Morgan fingerprint density at radius 1 is 1.20 bits per heavy atom. The molecular formula is C10H16Br2O3. The van der Waals surface area contributed by atoms with Crippen LogP contribution in [0.3, 0.4) is 0 Å². The van der Waals surface area contributed by atoms with Crippen LogP contribution in [0, 0.1) is 5.41 Å². The molecule has 0 heterocycles. The molecule has 0 saturated carbocycles. The highest BCUT2D eigenvalue weighted by Crippen LogP contribution is 2.29. The molecule has 0 bridgehead atoms. The quantitative estimate of drug-likeness (QED) is 0.405. The summed E-state index contributed by atoms with van der Waals surface area (Å²) < 4.78 is 4.75. The fraction of sp³-hybridized carbons (Fsp3) is 0.800. The van der Waals surface area contributed by atoms with Crippen molar-refractivity contribution in [3.63, 3.8) is 0 Å². The Morgan fingerprint density at radius 2 is 1.73 bits per heavy atom. The molecule has 0 saturated heterocycles. The fourth-order valence-corrected chi connectivity index (χ4v) is 3.45. The number of ether oxygens (including phenoxy) is 1. The lowest BCUT2D eigenvalue weighted by molar-refractivity contribution is -0.147. The van der Waals surface area contributed by atoms with Crippen LogP contribution in [0.25, 0.3) is 0 Å². The maximum absolute atomic E-state index is 11.9. The first-order valence-corrected chi connectivity index (χ1v) is 7.11. The molecule has 0 aromatic heterocycles. The van der Waals surface area contributed by atoms with Gasteiger partial charge in [0.25, 0.3) is 0 Å². The normalized spacial score (nSPS) is 11.2. The Morgan fingerprint density at radius 3 is 2.07 bits per heavy atom. The van der Waals surface area contributed by atoms with Crippen LogP contribution in [0.4, 0.5) is 0 Å². The molecular weight excluding hydrogens is 328 g/mol. The van der Waals surface area contributed by atoms with Crippen LogP contribution in [-0.2, 0) is 14.3 Å². The molecule has 0 aliphatic rings. The summed E-state index contributed by atoms with van der Waals surface area (Å²) in [4.78, 5) is 23.1. The number of carbonyl (C=O) groups excluding carboxylic acids is 2. The van der Waals surface area contributed by atoms with Crippen LogP contribution in [-0.4, -0.2) is 29.0 Å². The lowest BCUT2D eigenvalue weighted by Crippen LogP contribution is -2.35. The second kappa shape index (κ2) is 7.39. The molecule has 0 aromatic carbocycles. The van der Waals surface area contributed by atoms with Crippen molar-refractivity contribution in [2.75, 3.05) is 17.3 Å². The van der Waals surface area contributed by atoms with Crippen LogP contribution in [0.5, 0.6) is 0 Å². The van der Waals surface area contributed by atoms with Crippen molar-refractivity contribution in [1.29, 1.82) is 0 Å².